The number of hydrogen-bond donors (Lipinski definition) is 1. The van der Waals surface area contributed by atoms with Crippen LogP contribution in [0.25, 0.3) is 0 Å². The summed E-state index contributed by atoms with van der Waals surface area (Å²) >= 11 is 0. The van der Waals surface area contributed by atoms with Gasteiger partial charge in [0.2, 0.25) is 0 Å². The Morgan fingerprint density at radius 2 is 1.60 bits per heavy atom. The van der Waals surface area contributed by atoms with Crippen LogP contribution < -0.4 is 5.32 Å². The summed E-state index contributed by atoms with van der Waals surface area (Å²) in [7, 11) is 0. The molecule has 2 aromatic rings. The Balaban J connectivity index is 0.000000448. The van der Waals surface area contributed by atoms with Gasteiger partial charge in [0.25, 0.3) is 0 Å². The average Bonchev–Trinajstić information content (AvgIpc) is 3.18. The van der Waals surface area contributed by atoms with Crippen molar-refractivity contribution >= 4 is 11.6 Å². The van der Waals surface area contributed by atoms with Crippen LogP contribution >= 0.6 is 0 Å². The Kier molecular flexibility index (Phi) is 8.92. The van der Waals surface area contributed by atoms with Crippen LogP contribution in [-0.4, -0.2) is 18.1 Å². The van der Waals surface area contributed by atoms with Crippen molar-refractivity contribution in [2.45, 2.75) is 20.4 Å². The first kappa shape index (κ1) is 20.9. The van der Waals surface area contributed by atoms with E-state index in [2.05, 4.69) is 35.7 Å². The normalized spacial score (nSPS) is 13.6. The fraction of sp³-hybridized carbons (Fsp3) is 0.190. The number of carbonyl (C=O) groups excluding carboxylic acids is 2. The minimum atomic E-state index is -0.186. The Bertz CT molecular complexity index is 726. The molecule has 133 valence electrons. The zero-order valence-electron chi connectivity index (χ0n) is 14.0. The summed E-state index contributed by atoms with van der Waals surface area (Å²) in [5, 5.41) is 3.16. The molecule has 4 heteroatoms. The Labute approximate surface area is 159 Å². The molecule has 0 heterocycles. The molecule has 25 heavy (non-hydrogen) atoms. The molecule has 0 spiro atoms. The number of carbonyl (C=O) groups is 2. The fourth-order valence-electron chi connectivity index (χ4n) is 2.09. The van der Waals surface area contributed by atoms with Gasteiger partial charge < -0.3 is 45.2 Å². The van der Waals surface area contributed by atoms with Crippen molar-refractivity contribution in [1.29, 1.82) is 0 Å². The van der Waals surface area contributed by atoms with E-state index in [0.717, 1.165) is 5.56 Å². The van der Waals surface area contributed by atoms with Crippen LogP contribution in [0.3, 0.4) is 0 Å². The average molecular weight is 374 g/mol. The molecule has 3 rings (SSSR count). The molecule has 1 radical (unpaired) electrons. The number of nitrogens with one attached hydrogen (secondary N) is 1. The van der Waals surface area contributed by atoms with Gasteiger partial charge in [-0.15, -0.1) is 17.2 Å². The molecule has 1 N–H and O–H groups in total. The van der Waals surface area contributed by atoms with Crippen molar-refractivity contribution < 1.29 is 26.4 Å². The number of allylic oxidation sites excluding steroid dienone is 3. The van der Waals surface area contributed by atoms with E-state index in [1.807, 2.05) is 30.3 Å². The molecule has 0 bridgehead atoms. The van der Waals surface area contributed by atoms with Crippen molar-refractivity contribution in [2.75, 3.05) is 6.54 Å². The molecular weight excluding hydrogens is 357 g/mol. The molecule has 1 aliphatic rings. The molecule has 0 atom stereocenters. The molecule has 0 saturated carbocycles. The molecule has 0 aromatic heterocycles. The largest absolute Gasteiger partial charge is 0.999 e. The zero-order valence-corrected chi connectivity index (χ0v) is 15.1. The predicted octanol–water partition coefficient (Wildman–Crippen LogP) is 2.60. The van der Waals surface area contributed by atoms with E-state index in [-0.39, 0.29) is 28.3 Å². The van der Waals surface area contributed by atoms with Crippen LogP contribution in [0.2, 0.25) is 0 Å². The third-order valence-corrected chi connectivity index (χ3v) is 3.61. The fourth-order valence-corrected chi connectivity index (χ4v) is 2.09. The number of rotatable bonds is 4. The number of Topliss-reactive ketones (excluding diaryl/α,β-unsaturated/α-hetero) is 2. The van der Waals surface area contributed by atoms with Gasteiger partial charge in [-0.1, -0.05) is 49.8 Å². The number of benzene rings is 1. The van der Waals surface area contributed by atoms with Gasteiger partial charge in [0.1, 0.15) is 0 Å². The van der Waals surface area contributed by atoms with Crippen LogP contribution in [0.1, 0.15) is 19.4 Å². The first-order valence-corrected chi connectivity index (χ1v) is 7.56. The maximum Gasteiger partial charge on any atom is 0.0720 e. The summed E-state index contributed by atoms with van der Waals surface area (Å²) in [5.41, 5.74) is 2.59. The Morgan fingerprint density at radius 3 is 2.16 bits per heavy atom. The molecule has 0 amide bonds. The molecule has 2 aromatic carbocycles. The van der Waals surface area contributed by atoms with Gasteiger partial charge >= 0.3 is 0 Å². The monoisotopic (exact) mass is 374 g/mol. The van der Waals surface area contributed by atoms with Gasteiger partial charge in [-0.25, -0.2) is 0 Å². The molecule has 0 fully saturated rings. The Hall–Kier alpha value is -2.14. The first-order valence-electron chi connectivity index (χ1n) is 7.56. The summed E-state index contributed by atoms with van der Waals surface area (Å²) in [5.74, 6) is -0.272. The van der Waals surface area contributed by atoms with E-state index in [1.165, 1.54) is 0 Å². The van der Waals surface area contributed by atoms with E-state index < -0.39 is 0 Å². The van der Waals surface area contributed by atoms with Crippen molar-refractivity contribution in [1.82, 2.24) is 5.32 Å². The molecule has 0 unspecified atom stereocenters. The van der Waals surface area contributed by atoms with Crippen LogP contribution in [0.4, 0.5) is 0 Å². The second-order valence-corrected chi connectivity index (χ2v) is 5.28. The van der Waals surface area contributed by atoms with Crippen molar-refractivity contribution in [3.8, 4) is 0 Å². The number of ketones is 2. The van der Waals surface area contributed by atoms with E-state index >= 15 is 0 Å². The van der Waals surface area contributed by atoms with Gasteiger partial charge in [-0.05, 0) is 5.56 Å². The SMILES string of the molecule is CC1=C(C)C(=O)C(CNCc2ccccc2)=[C-]C1=O.[Co].[c-]1[c-][c-][cH-][c-]1. The second-order valence-electron chi connectivity index (χ2n) is 5.28. The van der Waals surface area contributed by atoms with E-state index in [0.29, 0.717) is 29.8 Å². The van der Waals surface area contributed by atoms with Crippen molar-refractivity contribution in [2.24, 2.45) is 0 Å². The van der Waals surface area contributed by atoms with Crippen LogP contribution in [0.5, 0.6) is 0 Å². The van der Waals surface area contributed by atoms with Gasteiger partial charge in [-0.3, -0.25) is 0 Å². The van der Waals surface area contributed by atoms with E-state index in [9.17, 15) is 9.59 Å². The first-order chi connectivity index (χ1) is 11.6. The second kappa shape index (κ2) is 10.7. The van der Waals surface area contributed by atoms with Crippen molar-refractivity contribution in [3.63, 3.8) is 0 Å². The van der Waals surface area contributed by atoms with E-state index in [4.69, 9.17) is 0 Å². The molecule has 0 saturated heterocycles. The summed E-state index contributed by atoms with van der Waals surface area (Å²) in [4.78, 5) is 23.6. The quantitative estimate of drug-likeness (QED) is 0.661. The van der Waals surface area contributed by atoms with Gasteiger partial charge in [0, 0.05) is 29.9 Å². The van der Waals surface area contributed by atoms with Crippen LogP contribution in [0.15, 0.2) is 53.1 Å². The molecule has 0 aliphatic heterocycles. The standard InChI is InChI=1S/C16H16NO2.C5H.Co/c1-11-12(2)16(19)14(8-15(11)18)10-17-9-13-6-4-3-5-7-13;1-2-4-5-3-1;/h3-7,17H,9-10H2,1-2H3;1H;/q-1;-5;. The van der Waals surface area contributed by atoms with Gasteiger partial charge in [0.05, 0.1) is 11.6 Å². The minimum absolute atomic E-state index is 0. The third-order valence-electron chi connectivity index (χ3n) is 3.61. The maximum atomic E-state index is 12.0. The summed E-state index contributed by atoms with van der Waals surface area (Å²) in [6.45, 7) is 4.38. The minimum Gasteiger partial charge on any atom is -0.999 e. The van der Waals surface area contributed by atoms with Gasteiger partial charge in [-0.2, -0.15) is 0 Å². The molecule has 1 aliphatic carbocycles. The zero-order chi connectivity index (χ0) is 17.4. The summed E-state index contributed by atoms with van der Waals surface area (Å²) < 4.78 is 0. The number of hydrogen-bond acceptors (Lipinski definition) is 3. The van der Waals surface area contributed by atoms with Crippen LogP contribution in [-0.2, 0) is 32.9 Å². The van der Waals surface area contributed by atoms with Gasteiger partial charge in [0.15, 0.2) is 0 Å². The summed E-state index contributed by atoms with van der Waals surface area (Å²) in [6, 6.07) is 21.9. The topological polar surface area (TPSA) is 46.2 Å². The smallest absolute Gasteiger partial charge is 0.0720 e. The Morgan fingerprint density at radius 1 is 0.960 bits per heavy atom. The van der Waals surface area contributed by atoms with Crippen molar-refractivity contribution in [3.05, 3.63) is 89.0 Å². The third kappa shape index (κ3) is 6.34. The molecular formula is C21H17CoNO2-6. The predicted molar refractivity (Wildman–Crippen MR) is 90.7 cm³/mol. The molecule has 3 nitrogen and oxygen atoms in total. The van der Waals surface area contributed by atoms with E-state index in [1.54, 1.807) is 19.9 Å². The maximum absolute atomic E-state index is 12.0. The summed E-state index contributed by atoms with van der Waals surface area (Å²) in [6.07, 6.45) is 2.64. The van der Waals surface area contributed by atoms with Crippen LogP contribution in [0, 0.1) is 30.3 Å².